The van der Waals surface area contributed by atoms with Crippen molar-refractivity contribution >= 4 is 12.6 Å². The van der Waals surface area contributed by atoms with Gasteiger partial charge in [0.25, 0.3) is 0 Å². The van der Waals surface area contributed by atoms with Gasteiger partial charge in [0.15, 0.2) is 0 Å². The molecule has 0 saturated carbocycles. The molecule has 12 heavy (non-hydrogen) atoms. The topological polar surface area (TPSA) is 49.7 Å². The van der Waals surface area contributed by atoms with Gasteiger partial charge in [-0.2, -0.15) is 0 Å². The Balaban J connectivity index is 2.49. The van der Waals surface area contributed by atoms with Crippen molar-refractivity contribution in [3.8, 4) is 0 Å². The van der Waals surface area contributed by atoms with E-state index in [1.807, 2.05) is 12.1 Å². The molecule has 0 bridgehead atoms. The van der Waals surface area contributed by atoms with E-state index in [0.717, 1.165) is 11.1 Å². The zero-order valence-electron chi connectivity index (χ0n) is 6.53. The number of rotatable bonds is 1. The van der Waals surface area contributed by atoms with E-state index < -0.39 is 7.12 Å². The monoisotopic (exact) mass is 164 g/mol. The van der Waals surface area contributed by atoms with Crippen molar-refractivity contribution in [2.24, 2.45) is 0 Å². The first kappa shape index (κ1) is 7.80. The van der Waals surface area contributed by atoms with Crippen LogP contribution >= 0.6 is 0 Å². The summed E-state index contributed by atoms with van der Waals surface area (Å²) < 4.78 is 5.18. The standard InChI is InChI=1S/C8H9BO3/c10-9(11)8-3-1-2-6-4-12-5-7(6)8/h1-3,10-11H,4-5H2. The lowest BCUT2D eigenvalue weighted by molar-refractivity contribution is 0.134. The molecule has 62 valence electrons. The molecule has 1 aromatic carbocycles. The number of ether oxygens (including phenoxy) is 1. The quantitative estimate of drug-likeness (QED) is 0.544. The lowest BCUT2D eigenvalue weighted by Crippen LogP contribution is -2.32. The van der Waals surface area contributed by atoms with Crippen molar-refractivity contribution in [3.05, 3.63) is 29.3 Å². The molecule has 2 rings (SSSR count). The normalized spacial score (nSPS) is 14.5. The summed E-state index contributed by atoms with van der Waals surface area (Å²) >= 11 is 0. The van der Waals surface area contributed by atoms with Gasteiger partial charge in [0, 0.05) is 0 Å². The zero-order valence-corrected chi connectivity index (χ0v) is 6.53. The van der Waals surface area contributed by atoms with Gasteiger partial charge in [0.05, 0.1) is 13.2 Å². The molecule has 0 spiro atoms. The lowest BCUT2D eigenvalue weighted by atomic mass is 9.76. The molecule has 1 aliphatic rings. The van der Waals surface area contributed by atoms with E-state index in [9.17, 15) is 0 Å². The van der Waals surface area contributed by atoms with Crippen molar-refractivity contribution in [3.63, 3.8) is 0 Å². The summed E-state index contributed by atoms with van der Waals surface area (Å²) in [6, 6.07) is 5.45. The predicted molar refractivity (Wildman–Crippen MR) is 44.8 cm³/mol. The second kappa shape index (κ2) is 2.90. The van der Waals surface area contributed by atoms with E-state index in [4.69, 9.17) is 14.8 Å². The fourth-order valence-corrected chi connectivity index (χ4v) is 1.47. The van der Waals surface area contributed by atoms with Gasteiger partial charge in [-0.05, 0) is 16.6 Å². The van der Waals surface area contributed by atoms with Gasteiger partial charge in [-0.25, -0.2) is 0 Å². The molecule has 1 aromatic rings. The van der Waals surface area contributed by atoms with Crippen LogP contribution in [-0.2, 0) is 18.0 Å². The average molecular weight is 164 g/mol. The zero-order chi connectivity index (χ0) is 8.55. The molecule has 0 saturated heterocycles. The first-order valence-corrected chi connectivity index (χ1v) is 3.83. The maximum Gasteiger partial charge on any atom is 0.488 e. The van der Waals surface area contributed by atoms with Crippen LogP contribution in [0.5, 0.6) is 0 Å². The summed E-state index contributed by atoms with van der Waals surface area (Å²) in [5, 5.41) is 18.0. The Labute approximate surface area is 70.8 Å². The third-order valence-electron chi connectivity index (χ3n) is 2.09. The van der Waals surface area contributed by atoms with Gasteiger partial charge in [0.2, 0.25) is 0 Å². The Morgan fingerprint density at radius 1 is 1.25 bits per heavy atom. The smallest absolute Gasteiger partial charge is 0.423 e. The Hall–Kier alpha value is -0.835. The van der Waals surface area contributed by atoms with Crippen LogP contribution in [0.25, 0.3) is 0 Å². The predicted octanol–water partition coefficient (Wildman–Crippen LogP) is -0.603. The van der Waals surface area contributed by atoms with Gasteiger partial charge in [-0.1, -0.05) is 18.2 Å². The Kier molecular flexibility index (Phi) is 1.88. The van der Waals surface area contributed by atoms with E-state index in [0.29, 0.717) is 18.7 Å². The van der Waals surface area contributed by atoms with E-state index >= 15 is 0 Å². The van der Waals surface area contributed by atoms with Gasteiger partial charge >= 0.3 is 7.12 Å². The summed E-state index contributed by atoms with van der Waals surface area (Å²) in [5.74, 6) is 0. The molecule has 0 fully saturated rings. The van der Waals surface area contributed by atoms with Crippen LogP contribution in [0.3, 0.4) is 0 Å². The molecular weight excluding hydrogens is 155 g/mol. The number of fused-ring (bicyclic) bond motifs is 1. The Morgan fingerprint density at radius 3 is 2.83 bits per heavy atom. The third-order valence-corrected chi connectivity index (χ3v) is 2.09. The highest BCUT2D eigenvalue weighted by atomic mass is 16.5. The van der Waals surface area contributed by atoms with E-state index in [-0.39, 0.29) is 0 Å². The maximum atomic E-state index is 8.99. The summed E-state index contributed by atoms with van der Waals surface area (Å²) in [7, 11) is -1.39. The molecule has 0 aliphatic carbocycles. The van der Waals surface area contributed by atoms with E-state index in [2.05, 4.69) is 0 Å². The van der Waals surface area contributed by atoms with Crippen LogP contribution < -0.4 is 5.46 Å². The first-order chi connectivity index (χ1) is 5.79. The molecule has 2 N–H and O–H groups in total. The van der Waals surface area contributed by atoms with E-state index in [1.165, 1.54) is 0 Å². The van der Waals surface area contributed by atoms with Gasteiger partial charge < -0.3 is 14.8 Å². The molecule has 3 nitrogen and oxygen atoms in total. The second-order valence-electron chi connectivity index (χ2n) is 2.85. The Morgan fingerprint density at radius 2 is 2.08 bits per heavy atom. The van der Waals surface area contributed by atoms with Gasteiger partial charge in [-0.3, -0.25) is 0 Å². The van der Waals surface area contributed by atoms with Crippen LogP contribution in [0.2, 0.25) is 0 Å². The largest absolute Gasteiger partial charge is 0.488 e. The second-order valence-corrected chi connectivity index (χ2v) is 2.85. The van der Waals surface area contributed by atoms with E-state index in [1.54, 1.807) is 6.07 Å². The summed E-state index contributed by atoms with van der Waals surface area (Å²) in [6.45, 7) is 1.07. The number of hydrogen-bond donors (Lipinski definition) is 2. The minimum Gasteiger partial charge on any atom is -0.423 e. The fraction of sp³-hybridized carbons (Fsp3) is 0.250. The highest BCUT2D eigenvalue weighted by Gasteiger charge is 2.21. The molecule has 1 heterocycles. The van der Waals surface area contributed by atoms with Crippen LogP contribution in [0.4, 0.5) is 0 Å². The Bertz CT molecular complexity index is 298. The molecule has 0 amide bonds. The average Bonchev–Trinajstić information content (AvgIpc) is 2.49. The van der Waals surface area contributed by atoms with Gasteiger partial charge in [-0.15, -0.1) is 0 Å². The maximum absolute atomic E-state index is 8.99. The molecule has 0 radical (unpaired) electrons. The molecular formula is C8H9BO3. The highest BCUT2D eigenvalue weighted by molar-refractivity contribution is 6.59. The third kappa shape index (κ3) is 1.14. The first-order valence-electron chi connectivity index (χ1n) is 3.83. The fourth-order valence-electron chi connectivity index (χ4n) is 1.47. The molecule has 0 aromatic heterocycles. The van der Waals surface area contributed by atoms with Crippen LogP contribution in [0.1, 0.15) is 11.1 Å². The molecule has 1 aliphatic heterocycles. The number of hydrogen-bond acceptors (Lipinski definition) is 3. The van der Waals surface area contributed by atoms with Crippen molar-refractivity contribution in [1.82, 2.24) is 0 Å². The lowest BCUT2D eigenvalue weighted by Gasteiger charge is -2.04. The molecule has 4 heteroatoms. The summed E-state index contributed by atoms with van der Waals surface area (Å²) in [6.07, 6.45) is 0. The van der Waals surface area contributed by atoms with Crippen LogP contribution in [0, 0.1) is 0 Å². The minimum atomic E-state index is -1.39. The molecule has 0 atom stereocenters. The van der Waals surface area contributed by atoms with Crippen molar-refractivity contribution < 1.29 is 14.8 Å². The molecule has 0 unspecified atom stereocenters. The van der Waals surface area contributed by atoms with Crippen molar-refractivity contribution in [2.45, 2.75) is 13.2 Å². The number of benzene rings is 1. The van der Waals surface area contributed by atoms with Crippen LogP contribution in [0.15, 0.2) is 18.2 Å². The highest BCUT2D eigenvalue weighted by Crippen LogP contribution is 2.17. The van der Waals surface area contributed by atoms with Gasteiger partial charge in [0.1, 0.15) is 0 Å². The van der Waals surface area contributed by atoms with Crippen LogP contribution in [-0.4, -0.2) is 17.2 Å². The van der Waals surface area contributed by atoms with Crippen molar-refractivity contribution in [2.75, 3.05) is 0 Å². The van der Waals surface area contributed by atoms with Crippen molar-refractivity contribution in [1.29, 1.82) is 0 Å². The minimum absolute atomic E-state index is 0.489. The SMILES string of the molecule is OB(O)c1cccc2c1COC2. The summed E-state index contributed by atoms with van der Waals surface area (Å²) in [4.78, 5) is 0. The summed E-state index contributed by atoms with van der Waals surface area (Å²) in [5.41, 5.74) is 2.54.